The Morgan fingerprint density at radius 1 is 0.872 bits per heavy atom. The maximum Gasteiger partial charge on any atom is 0.340 e. The van der Waals surface area contributed by atoms with Crippen LogP contribution in [0, 0.1) is 6.92 Å². The van der Waals surface area contributed by atoms with E-state index in [-0.39, 0.29) is 44.3 Å². The second-order valence-electron chi connectivity index (χ2n) is 9.03. The SMILES string of the molecule is Cc1c(NC(=O)C(C)OC(=O)c2ccc3c(c2Cl)C(=O)c2ccccc2C3=O)c(=O)n(-c2ccccc2)n1C. The average molecular weight is 544 g/mol. The van der Waals surface area contributed by atoms with Crippen LogP contribution in [0.3, 0.4) is 0 Å². The Hall–Kier alpha value is -4.76. The number of aromatic nitrogens is 2. The fraction of sp³-hybridized carbons (Fsp3) is 0.138. The van der Waals surface area contributed by atoms with Gasteiger partial charge in [0.05, 0.1) is 27.5 Å². The van der Waals surface area contributed by atoms with Crippen molar-refractivity contribution in [3.05, 3.63) is 116 Å². The Labute approximate surface area is 227 Å². The summed E-state index contributed by atoms with van der Waals surface area (Å²) in [6.07, 6.45) is -1.31. The summed E-state index contributed by atoms with van der Waals surface area (Å²) in [5.74, 6) is -2.56. The van der Waals surface area contributed by atoms with Gasteiger partial charge in [-0.1, -0.05) is 54.1 Å². The molecule has 0 saturated heterocycles. The van der Waals surface area contributed by atoms with Crippen LogP contribution in [-0.4, -0.2) is 38.9 Å². The zero-order chi connectivity index (χ0) is 28.0. The van der Waals surface area contributed by atoms with Gasteiger partial charge in [0.25, 0.3) is 11.5 Å². The van der Waals surface area contributed by atoms with E-state index in [1.807, 2.05) is 6.07 Å². The molecule has 196 valence electrons. The molecule has 1 N–H and O–H groups in total. The highest BCUT2D eigenvalue weighted by Gasteiger charge is 2.34. The maximum atomic E-state index is 13.1. The lowest BCUT2D eigenvalue weighted by atomic mass is 9.83. The van der Waals surface area contributed by atoms with Gasteiger partial charge in [-0.25, -0.2) is 9.48 Å². The lowest BCUT2D eigenvalue weighted by molar-refractivity contribution is -0.123. The van der Waals surface area contributed by atoms with Gasteiger partial charge >= 0.3 is 5.97 Å². The topological polar surface area (TPSA) is 116 Å². The fourth-order valence-corrected chi connectivity index (χ4v) is 4.85. The van der Waals surface area contributed by atoms with Crippen LogP contribution >= 0.6 is 11.6 Å². The monoisotopic (exact) mass is 543 g/mol. The van der Waals surface area contributed by atoms with Gasteiger partial charge in [0.15, 0.2) is 17.7 Å². The average Bonchev–Trinajstić information content (AvgIpc) is 3.14. The van der Waals surface area contributed by atoms with Crippen molar-refractivity contribution in [2.24, 2.45) is 7.05 Å². The van der Waals surface area contributed by atoms with Gasteiger partial charge in [-0.3, -0.25) is 23.9 Å². The van der Waals surface area contributed by atoms with Gasteiger partial charge in [-0.2, -0.15) is 0 Å². The molecular weight excluding hydrogens is 522 g/mol. The van der Waals surface area contributed by atoms with Crippen LogP contribution in [-0.2, 0) is 16.6 Å². The van der Waals surface area contributed by atoms with Crippen LogP contribution in [0.5, 0.6) is 0 Å². The van der Waals surface area contributed by atoms with Crippen LogP contribution in [0.2, 0.25) is 5.02 Å². The first-order valence-electron chi connectivity index (χ1n) is 12.0. The number of halogens is 1. The number of amides is 1. The van der Waals surface area contributed by atoms with Gasteiger partial charge in [0.2, 0.25) is 0 Å². The van der Waals surface area contributed by atoms with E-state index in [1.54, 1.807) is 61.1 Å². The maximum absolute atomic E-state index is 13.1. The van der Waals surface area contributed by atoms with Crippen molar-refractivity contribution in [1.82, 2.24) is 9.36 Å². The van der Waals surface area contributed by atoms with Gasteiger partial charge in [-0.15, -0.1) is 0 Å². The quantitative estimate of drug-likeness (QED) is 0.334. The molecule has 3 aromatic carbocycles. The first-order valence-corrected chi connectivity index (χ1v) is 12.4. The van der Waals surface area contributed by atoms with Gasteiger partial charge in [0.1, 0.15) is 5.69 Å². The number of fused-ring (bicyclic) bond motifs is 2. The van der Waals surface area contributed by atoms with Crippen molar-refractivity contribution in [1.29, 1.82) is 0 Å². The second-order valence-corrected chi connectivity index (χ2v) is 9.40. The summed E-state index contributed by atoms with van der Waals surface area (Å²) in [4.78, 5) is 65.0. The summed E-state index contributed by atoms with van der Waals surface area (Å²) in [6.45, 7) is 3.02. The third kappa shape index (κ3) is 4.26. The Morgan fingerprint density at radius 3 is 2.15 bits per heavy atom. The minimum Gasteiger partial charge on any atom is -0.449 e. The third-order valence-electron chi connectivity index (χ3n) is 6.71. The largest absolute Gasteiger partial charge is 0.449 e. The molecule has 0 aliphatic heterocycles. The molecule has 0 fully saturated rings. The normalized spacial score (nSPS) is 12.9. The summed E-state index contributed by atoms with van der Waals surface area (Å²) in [6, 6.07) is 17.9. The van der Waals surface area contributed by atoms with Crippen molar-refractivity contribution >= 4 is 40.7 Å². The van der Waals surface area contributed by atoms with E-state index >= 15 is 0 Å². The summed E-state index contributed by atoms with van der Waals surface area (Å²) >= 11 is 6.44. The van der Waals surface area contributed by atoms with Crippen molar-refractivity contribution in [2.45, 2.75) is 20.0 Å². The molecule has 10 heteroatoms. The van der Waals surface area contributed by atoms with E-state index in [0.29, 0.717) is 11.4 Å². The summed E-state index contributed by atoms with van der Waals surface area (Å²) < 4.78 is 8.34. The number of carbonyl (C=O) groups is 4. The van der Waals surface area contributed by atoms with Gasteiger partial charge < -0.3 is 10.1 Å². The predicted molar refractivity (Wildman–Crippen MR) is 144 cm³/mol. The number of hydrogen-bond acceptors (Lipinski definition) is 6. The van der Waals surface area contributed by atoms with Crippen molar-refractivity contribution in [2.75, 3.05) is 5.32 Å². The van der Waals surface area contributed by atoms with Crippen LogP contribution in [0.4, 0.5) is 5.69 Å². The number of para-hydroxylation sites is 1. The molecular formula is C29H22ClN3O6. The first kappa shape index (κ1) is 25.9. The second kappa shape index (κ2) is 9.85. The Kier molecular flexibility index (Phi) is 6.53. The van der Waals surface area contributed by atoms with E-state index in [1.165, 1.54) is 29.8 Å². The first-order chi connectivity index (χ1) is 18.6. The van der Waals surface area contributed by atoms with Gasteiger partial charge in [0, 0.05) is 23.7 Å². The molecule has 0 saturated carbocycles. The number of esters is 1. The number of nitrogens with one attached hydrogen (secondary N) is 1. The Morgan fingerprint density at radius 2 is 1.49 bits per heavy atom. The van der Waals surface area contributed by atoms with Crippen molar-refractivity contribution < 1.29 is 23.9 Å². The lowest BCUT2D eigenvalue weighted by Gasteiger charge is -2.20. The van der Waals surface area contributed by atoms with E-state index in [2.05, 4.69) is 5.32 Å². The van der Waals surface area contributed by atoms with Crippen LogP contribution in [0.25, 0.3) is 5.69 Å². The van der Waals surface area contributed by atoms with Crippen LogP contribution in [0.1, 0.15) is 54.8 Å². The number of benzene rings is 3. The minimum absolute atomic E-state index is 0.0452. The summed E-state index contributed by atoms with van der Waals surface area (Å²) in [7, 11) is 1.69. The molecule has 0 radical (unpaired) electrons. The molecule has 1 aromatic heterocycles. The van der Waals surface area contributed by atoms with E-state index < -0.39 is 29.3 Å². The van der Waals surface area contributed by atoms with E-state index in [9.17, 15) is 24.0 Å². The molecule has 1 atom stereocenters. The fourth-order valence-electron chi connectivity index (χ4n) is 4.52. The molecule has 1 amide bonds. The van der Waals surface area contributed by atoms with Crippen LogP contribution < -0.4 is 10.9 Å². The molecule has 39 heavy (non-hydrogen) atoms. The van der Waals surface area contributed by atoms with Crippen molar-refractivity contribution in [3.8, 4) is 5.69 Å². The van der Waals surface area contributed by atoms with E-state index in [0.717, 1.165) is 0 Å². The molecule has 0 spiro atoms. The molecule has 1 unspecified atom stereocenters. The number of anilines is 1. The highest BCUT2D eigenvalue weighted by Crippen LogP contribution is 2.34. The number of nitrogens with zero attached hydrogens (tertiary/aromatic N) is 2. The number of hydrogen-bond donors (Lipinski definition) is 1. The van der Waals surface area contributed by atoms with Crippen molar-refractivity contribution in [3.63, 3.8) is 0 Å². The zero-order valence-corrected chi connectivity index (χ0v) is 21.9. The molecule has 9 nitrogen and oxygen atoms in total. The predicted octanol–water partition coefficient (Wildman–Crippen LogP) is 4.10. The minimum atomic E-state index is -1.31. The molecule has 0 bridgehead atoms. The van der Waals surface area contributed by atoms with Gasteiger partial charge in [-0.05, 0) is 38.1 Å². The number of ketones is 2. The number of ether oxygens (including phenoxy) is 1. The van der Waals surface area contributed by atoms with E-state index in [4.69, 9.17) is 16.3 Å². The zero-order valence-electron chi connectivity index (χ0n) is 21.2. The number of carbonyl (C=O) groups excluding carboxylic acids is 4. The molecule has 1 aliphatic carbocycles. The third-order valence-corrected chi connectivity index (χ3v) is 7.10. The van der Waals surface area contributed by atoms with Crippen LogP contribution in [0.15, 0.2) is 71.5 Å². The Balaban J connectivity index is 1.37. The highest BCUT2D eigenvalue weighted by atomic mass is 35.5. The number of rotatable bonds is 5. The smallest absolute Gasteiger partial charge is 0.340 e. The molecule has 4 aromatic rings. The standard InChI is InChI=1S/C29H22ClN3O6/c1-15-24(28(37)33(32(15)3)17-9-5-4-6-10-17)31-27(36)16(2)39-29(38)21-14-13-20-22(23(21)30)26(35)19-12-8-7-11-18(19)25(20)34/h4-14,16H,1-3H3,(H,31,36). The lowest BCUT2D eigenvalue weighted by Crippen LogP contribution is -2.32. The Bertz CT molecular complexity index is 1750. The summed E-state index contributed by atoms with van der Waals surface area (Å²) in [5.41, 5.74) is 0.982. The molecule has 1 heterocycles. The molecule has 5 rings (SSSR count). The molecule has 1 aliphatic rings. The summed E-state index contributed by atoms with van der Waals surface area (Å²) in [5, 5.41) is 2.32. The highest BCUT2D eigenvalue weighted by molar-refractivity contribution is 6.41.